The minimum atomic E-state index is -3.57. The van der Waals surface area contributed by atoms with E-state index in [1.807, 2.05) is 31.2 Å². The van der Waals surface area contributed by atoms with E-state index in [1.54, 1.807) is 11.6 Å². The predicted octanol–water partition coefficient (Wildman–Crippen LogP) is 1.52. The number of benzene rings is 1. The Bertz CT molecular complexity index is 1070. The van der Waals surface area contributed by atoms with E-state index in [4.69, 9.17) is 9.26 Å². The van der Waals surface area contributed by atoms with Crippen LogP contribution in [0.15, 0.2) is 46.3 Å². The maximum atomic E-state index is 12.5. The van der Waals surface area contributed by atoms with Crippen LogP contribution in [0.25, 0.3) is 0 Å². The molecule has 0 amide bonds. The average Bonchev–Trinajstić information content (AvgIpc) is 3.23. The number of hydrogen-bond donors (Lipinski definition) is 0. The number of aromatic nitrogens is 4. The molecule has 1 aliphatic heterocycles. The molecule has 1 fully saturated rings. The fourth-order valence-electron chi connectivity index (χ4n) is 2.95. The molecule has 0 unspecified atom stereocenters. The zero-order valence-corrected chi connectivity index (χ0v) is 16.5. The fraction of sp³-hybridized carbons (Fsp3) is 0.389. The first-order valence-electron chi connectivity index (χ1n) is 8.92. The van der Waals surface area contributed by atoms with E-state index in [1.165, 1.54) is 16.8 Å². The van der Waals surface area contributed by atoms with Gasteiger partial charge in [-0.2, -0.15) is 9.29 Å². The Morgan fingerprint density at radius 1 is 1.32 bits per heavy atom. The van der Waals surface area contributed by atoms with Crippen LogP contribution in [0.1, 0.15) is 23.2 Å². The Morgan fingerprint density at radius 3 is 2.86 bits per heavy atom. The number of rotatable bonds is 7. The highest BCUT2D eigenvalue weighted by Gasteiger charge is 2.41. The van der Waals surface area contributed by atoms with Crippen LogP contribution in [-0.4, -0.2) is 52.1 Å². The van der Waals surface area contributed by atoms with Gasteiger partial charge >= 0.3 is 0 Å². The highest BCUT2D eigenvalue weighted by atomic mass is 32.2. The van der Waals surface area contributed by atoms with Gasteiger partial charge in [0.25, 0.3) is 10.0 Å². The summed E-state index contributed by atoms with van der Waals surface area (Å²) in [6.07, 6.45) is 3.47. The molecule has 0 N–H and O–H groups in total. The molecule has 4 rings (SSSR count). The molecule has 10 heteroatoms. The summed E-state index contributed by atoms with van der Waals surface area (Å²) in [7, 11) is -1.84. The third kappa shape index (κ3) is 3.78. The zero-order chi connectivity index (χ0) is 19.7. The quantitative estimate of drug-likeness (QED) is 0.589. The number of nitrogens with zero attached hydrogens (tertiary/aromatic N) is 5. The summed E-state index contributed by atoms with van der Waals surface area (Å²) in [4.78, 5) is 8.30. The lowest BCUT2D eigenvalue weighted by atomic mass is 10.0. The SMILES string of the molecule is Cc1cccc(OCCc2noc(C3CN(S(=O)(=O)c4cn(C)cn4)C3)n2)c1. The number of sulfonamides is 1. The molecule has 3 heterocycles. The molecule has 0 atom stereocenters. The maximum Gasteiger partial charge on any atom is 0.262 e. The van der Waals surface area contributed by atoms with Gasteiger partial charge in [0.15, 0.2) is 10.9 Å². The molecule has 0 radical (unpaired) electrons. The van der Waals surface area contributed by atoms with Crippen molar-refractivity contribution in [2.24, 2.45) is 7.05 Å². The van der Waals surface area contributed by atoms with Gasteiger partial charge in [0.1, 0.15) is 5.75 Å². The third-order valence-electron chi connectivity index (χ3n) is 4.55. The Kier molecular flexibility index (Phi) is 4.90. The minimum Gasteiger partial charge on any atom is -0.493 e. The van der Waals surface area contributed by atoms with Gasteiger partial charge in [0, 0.05) is 32.8 Å². The van der Waals surface area contributed by atoms with Crippen LogP contribution in [0.2, 0.25) is 0 Å². The van der Waals surface area contributed by atoms with Gasteiger partial charge in [0.05, 0.1) is 18.9 Å². The molecule has 1 aromatic carbocycles. The Labute approximate surface area is 163 Å². The second-order valence-corrected chi connectivity index (χ2v) is 8.74. The van der Waals surface area contributed by atoms with Crippen LogP contribution >= 0.6 is 0 Å². The summed E-state index contributed by atoms with van der Waals surface area (Å²) in [6.45, 7) is 3.06. The number of aryl methyl sites for hydroxylation is 2. The van der Waals surface area contributed by atoms with Gasteiger partial charge in [-0.25, -0.2) is 13.4 Å². The second-order valence-electron chi connectivity index (χ2n) is 6.86. The molecule has 0 spiro atoms. The van der Waals surface area contributed by atoms with Crippen molar-refractivity contribution in [1.29, 1.82) is 0 Å². The highest BCUT2D eigenvalue weighted by Crippen LogP contribution is 2.30. The predicted molar refractivity (Wildman–Crippen MR) is 99.4 cm³/mol. The summed E-state index contributed by atoms with van der Waals surface area (Å²) in [5.41, 5.74) is 1.13. The monoisotopic (exact) mass is 403 g/mol. The minimum absolute atomic E-state index is 0.0490. The normalized spacial score (nSPS) is 15.5. The Hall–Kier alpha value is -2.72. The van der Waals surface area contributed by atoms with E-state index in [0.717, 1.165) is 11.3 Å². The van der Waals surface area contributed by atoms with Crippen LogP contribution in [-0.2, 0) is 23.5 Å². The first-order chi connectivity index (χ1) is 13.4. The third-order valence-corrected chi connectivity index (χ3v) is 6.27. The van der Waals surface area contributed by atoms with Crippen molar-refractivity contribution in [3.8, 4) is 5.75 Å². The molecule has 1 saturated heterocycles. The van der Waals surface area contributed by atoms with Gasteiger partial charge in [-0.05, 0) is 24.6 Å². The summed E-state index contributed by atoms with van der Waals surface area (Å²) in [5.74, 6) is 1.71. The maximum absolute atomic E-state index is 12.5. The number of hydrogen-bond acceptors (Lipinski definition) is 7. The molecule has 1 aliphatic rings. The Morgan fingerprint density at radius 2 is 2.14 bits per heavy atom. The first-order valence-corrected chi connectivity index (χ1v) is 10.4. The standard InChI is InChI=1S/C18H21N5O4S/c1-13-4-3-5-15(8-13)26-7-6-16-20-18(27-21-16)14-9-23(10-14)28(24,25)17-11-22(2)12-19-17/h3-5,8,11-12,14H,6-7,9-10H2,1-2H3. The van der Waals surface area contributed by atoms with Gasteiger partial charge < -0.3 is 13.8 Å². The lowest BCUT2D eigenvalue weighted by Crippen LogP contribution is -2.48. The van der Waals surface area contributed by atoms with Crippen LogP contribution < -0.4 is 4.74 Å². The summed E-state index contributed by atoms with van der Waals surface area (Å²) in [5, 5.41) is 4.02. The molecular weight excluding hydrogens is 382 g/mol. The first kappa shape index (κ1) is 18.6. The second kappa shape index (κ2) is 7.36. The lowest BCUT2D eigenvalue weighted by molar-refractivity contribution is 0.216. The van der Waals surface area contributed by atoms with Gasteiger partial charge in [0.2, 0.25) is 5.89 Å². The van der Waals surface area contributed by atoms with Crippen molar-refractivity contribution in [1.82, 2.24) is 24.0 Å². The molecule has 2 aromatic heterocycles. The van der Waals surface area contributed by atoms with E-state index in [9.17, 15) is 8.42 Å². The molecular formula is C18H21N5O4S. The Balaban J connectivity index is 1.30. The smallest absolute Gasteiger partial charge is 0.262 e. The summed E-state index contributed by atoms with van der Waals surface area (Å²) in [6, 6.07) is 7.82. The summed E-state index contributed by atoms with van der Waals surface area (Å²) >= 11 is 0. The van der Waals surface area contributed by atoms with Crippen LogP contribution in [0.5, 0.6) is 5.75 Å². The highest BCUT2D eigenvalue weighted by molar-refractivity contribution is 7.89. The van der Waals surface area contributed by atoms with E-state index in [-0.39, 0.29) is 10.9 Å². The van der Waals surface area contributed by atoms with Crippen molar-refractivity contribution >= 4 is 10.0 Å². The fourth-order valence-corrected chi connectivity index (χ4v) is 4.44. The van der Waals surface area contributed by atoms with Crippen molar-refractivity contribution in [3.05, 3.63) is 54.1 Å². The van der Waals surface area contributed by atoms with Crippen LogP contribution in [0.3, 0.4) is 0 Å². The van der Waals surface area contributed by atoms with Gasteiger partial charge in [-0.1, -0.05) is 17.3 Å². The van der Waals surface area contributed by atoms with Crippen molar-refractivity contribution in [3.63, 3.8) is 0 Å². The van der Waals surface area contributed by atoms with Crippen molar-refractivity contribution < 1.29 is 17.7 Å². The summed E-state index contributed by atoms with van der Waals surface area (Å²) < 4.78 is 38.9. The molecule has 3 aromatic rings. The number of ether oxygens (including phenoxy) is 1. The van der Waals surface area contributed by atoms with E-state index in [0.29, 0.717) is 37.8 Å². The molecule has 0 aliphatic carbocycles. The number of imidazole rings is 1. The molecule has 9 nitrogen and oxygen atoms in total. The van der Waals surface area contributed by atoms with E-state index in [2.05, 4.69) is 15.1 Å². The van der Waals surface area contributed by atoms with E-state index >= 15 is 0 Å². The van der Waals surface area contributed by atoms with E-state index < -0.39 is 10.0 Å². The molecule has 148 valence electrons. The van der Waals surface area contributed by atoms with Crippen LogP contribution in [0, 0.1) is 6.92 Å². The molecule has 0 bridgehead atoms. The van der Waals surface area contributed by atoms with Crippen molar-refractivity contribution in [2.45, 2.75) is 24.3 Å². The largest absolute Gasteiger partial charge is 0.493 e. The zero-order valence-electron chi connectivity index (χ0n) is 15.6. The van der Waals surface area contributed by atoms with Crippen LogP contribution in [0.4, 0.5) is 0 Å². The van der Waals surface area contributed by atoms with Gasteiger partial charge in [-0.3, -0.25) is 0 Å². The van der Waals surface area contributed by atoms with Gasteiger partial charge in [-0.15, -0.1) is 0 Å². The lowest BCUT2D eigenvalue weighted by Gasteiger charge is -2.35. The molecule has 0 saturated carbocycles. The topological polar surface area (TPSA) is 103 Å². The average molecular weight is 403 g/mol. The van der Waals surface area contributed by atoms with Crippen molar-refractivity contribution in [2.75, 3.05) is 19.7 Å². The molecule has 28 heavy (non-hydrogen) atoms.